The Kier molecular flexibility index (Phi) is 6.10. The second kappa shape index (κ2) is 9.09. The van der Waals surface area contributed by atoms with E-state index in [1.807, 2.05) is 12.1 Å². The van der Waals surface area contributed by atoms with E-state index in [4.69, 9.17) is 14.7 Å². The molecule has 1 saturated heterocycles. The number of methoxy groups -OCH3 is 1. The molecule has 0 saturated carbocycles. The van der Waals surface area contributed by atoms with Gasteiger partial charge in [-0.25, -0.2) is 4.98 Å². The third-order valence-electron chi connectivity index (χ3n) is 5.37. The molecular weight excluding hydrogens is 362 g/mol. The Labute approximate surface area is 172 Å². The lowest BCUT2D eigenvalue weighted by atomic mass is 10.2. The van der Waals surface area contributed by atoms with Crippen LogP contribution in [-0.4, -0.2) is 56.4 Å². The Morgan fingerprint density at radius 2 is 1.66 bits per heavy atom. The van der Waals surface area contributed by atoms with E-state index in [2.05, 4.69) is 58.4 Å². The van der Waals surface area contributed by atoms with Crippen LogP contribution >= 0.6 is 0 Å². The fourth-order valence-electron chi connectivity index (χ4n) is 3.68. The number of fused-ring (bicyclic) bond motifs is 1. The van der Waals surface area contributed by atoms with Crippen LogP contribution in [0.1, 0.15) is 12.0 Å². The third kappa shape index (κ3) is 4.59. The quantitative estimate of drug-likeness (QED) is 0.620. The minimum atomic E-state index is 0.740. The smallest absolute Gasteiger partial charge is 0.228 e. The van der Waals surface area contributed by atoms with Gasteiger partial charge in [-0.3, -0.25) is 0 Å². The van der Waals surface area contributed by atoms with Gasteiger partial charge in [-0.2, -0.15) is 4.98 Å². The fourth-order valence-corrected chi connectivity index (χ4v) is 3.68. The van der Waals surface area contributed by atoms with Crippen molar-refractivity contribution < 1.29 is 4.74 Å². The first kappa shape index (κ1) is 19.5. The van der Waals surface area contributed by atoms with Crippen LogP contribution in [0.5, 0.6) is 0 Å². The number of rotatable bonds is 7. The topological polar surface area (TPSA) is 53.5 Å². The summed E-state index contributed by atoms with van der Waals surface area (Å²) in [6.07, 6.45) is 0.944. The van der Waals surface area contributed by atoms with Crippen LogP contribution in [-0.2, 0) is 4.74 Å². The summed E-state index contributed by atoms with van der Waals surface area (Å²) in [5, 5.41) is 4.54. The van der Waals surface area contributed by atoms with Gasteiger partial charge in [-0.05, 0) is 37.6 Å². The van der Waals surface area contributed by atoms with Gasteiger partial charge in [0.15, 0.2) is 0 Å². The molecule has 1 fully saturated rings. The van der Waals surface area contributed by atoms with E-state index in [1.54, 1.807) is 7.11 Å². The summed E-state index contributed by atoms with van der Waals surface area (Å²) in [5.41, 5.74) is 3.56. The maximum atomic E-state index is 5.15. The molecule has 2 heterocycles. The molecule has 1 aromatic heterocycles. The van der Waals surface area contributed by atoms with E-state index in [1.165, 1.54) is 11.3 Å². The minimum absolute atomic E-state index is 0.740. The number of ether oxygens (including phenoxy) is 1. The number of nitrogens with zero attached hydrogens (tertiary/aromatic N) is 4. The standard InChI is InChI=1S/C23H29N5O/c1-18-8-10-19(11-9-18)27-13-15-28(16-14-27)23-25-21-7-4-3-6-20(21)22(26-23)24-12-5-17-29-2/h3-4,6-11H,5,12-17H2,1-2H3,(H,24,25,26). The second-order valence-electron chi connectivity index (χ2n) is 7.47. The highest BCUT2D eigenvalue weighted by molar-refractivity contribution is 5.90. The SMILES string of the molecule is COCCCNc1nc(N2CCN(c3ccc(C)cc3)CC2)nc2ccccc12. The van der Waals surface area contributed by atoms with Crippen LogP contribution in [0.15, 0.2) is 48.5 Å². The Morgan fingerprint density at radius 1 is 0.931 bits per heavy atom. The van der Waals surface area contributed by atoms with Crippen molar-refractivity contribution in [1.29, 1.82) is 0 Å². The lowest BCUT2D eigenvalue weighted by Gasteiger charge is -2.36. The van der Waals surface area contributed by atoms with Crippen LogP contribution in [0.3, 0.4) is 0 Å². The van der Waals surface area contributed by atoms with E-state index >= 15 is 0 Å². The summed E-state index contributed by atoms with van der Waals surface area (Å²) in [4.78, 5) is 14.4. The Morgan fingerprint density at radius 3 is 2.41 bits per heavy atom. The molecule has 0 aliphatic carbocycles. The molecule has 0 spiro atoms. The fraction of sp³-hybridized carbons (Fsp3) is 0.391. The van der Waals surface area contributed by atoms with Gasteiger partial charge in [0.1, 0.15) is 5.82 Å². The molecule has 4 rings (SSSR count). The first-order chi connectivity index (χ1) is 14.2. The van der Waals surface area contributed by atoms with Crippen molar-refractivity contribution in [2.24, 2.45) is 0 Å². The van der Waals surface area contributed by atoms with Crippen molar-refractivity contribution in [3.05, 3.63) is 54.1 Å². The van der Waals surface area contributed by atoms with Crippen molar-refractivity contribution in [2.75, 3.05) is 61.6 Å². The van der Waals surface area contributed by atoms with Gasteiger partial charge in [0.25, 0.3) is 0 Å². The Bertz CT molecular complexity index is 936. The number of aryl methyl sites for hydroxylation is 1. The zero-order valence-corrected chi connectivity index (χ0v) is 17.3. The molecule has 152 valence electrons. The number of benzene rings is 2. The average molecular weight is 392 g/mol. The second-order valence-corrected chi connectivity index (χ2v) is 7.47. The highest BCUT2D eigenvalue weighted by Gasteiger charge is 2.20. The zero-order chi connectivity index (χ0) is 20.1. The first-order valence-corrected chi connectivity index (χ1v) is 10.3. The van der Waals surface area contributed by atoms with Gasteiger partial charge in [0, 0.05) is 57.5 Å². The van der Waals surface area contributed by atoms with Gasteiger partial charge in [-0.15, -0.1) is 0 Å². The molecule has 6 heteroatoms. The summed E-state index contributed by atoms with van der Waals surface area (Å²) in [7, 11) is 1.73. The molecular formula is C23H29N5O. The van der Waals surface area contributed by atoms with E-state index in [9.17, 15) is 0 Å². The van der Waals surface area contributed by atoms with Crippen molar-refractivity contribution in [1.82, 2.24) is 9.97 Å². The largest absolute Gasteiger partial charge is 0.385 e. The molecule has 2 aromatic carbocycles. The molecule has 29 heavy (non-hydrogen) atoms. The van der Waals surface area contributed by atoms with Crippen molar-refractivity contribution >= 4 is 28.4 Å². The number of hydrogen-bond donors (Lipinski definition) is 1. The predicted octanol–water partition coefficient (Wildman–Crippen LogP) is 3.71. The average Bonchev–Trinajstić information content (AvgIpc) is 2.77. The van der Waals surface area contributed by atoms with E-state index in [0.29, 0.717) is 0 Å². The molecule has 3 aromatic rings. The van der Waals surface area contributed by atoms with Crippen LogP contribution in [0.4, 0.5) is 17.5 Å². The highest BCUT2D eigenvalue weighted by atomic mass is 16.5. The van der Waals surface area contributed by atoms with Crippen LogP contribution in [0.25, 0.3) is 10.9 Å². The number of anilines is 3. The number of para-hydroxylation sites is 1. The molecule has 1 aliphatic rings. The minimum Gasteiger partial charge on any atom is -0.385 e. The van der Waals surface area contributed by atoms with Crippen molar-refractivity contribution in [3.8, 4) is 0 Å². The van der Waals surface area contributed by atoms with Gasteiger partial charge in [0.05, 0.1) is 5.52 Å². The maximum Gasteiger partial charge on any atom is 0.228 e. The number of hydrogen-bond acceptors (Lipinski definition) is 6. The first-order valence-electron chi connectivity index (χ1n) is 10.3. The molecule has 1 aliphatic heterocycles. The Balaban J connectivity index is 1.49. The number of nitrogens with one attached hydrogen (secondary N) is 1. The lowest BCUT2D eigenvalue weighted by molar-refractivity contribution is 0.198. The Hall–Kier alpha value is -2.86. The summed E-state index contributed by atoms with van der Waals surface area (Å²) in [6, 6.07) is 17.0. The van der Waals surface area contributed by atoms with E-state index in [-0.39, 0.29) is 0 Å². The summed E-state index contributed by atoms with van der Waals surface area (Å²) in [5.74, 6) is 1.71. The summed E-state index contributed by atoms with van der Waals surface area (Å²) in [6.45, 7) is 7.45. The normalized spacial score (nSPS) is 14.4. The highest BCUT2D eigenvalue weighted by Crippen LogP contribution is 2.25. The predicted molar refractivity (Wildman–Crippen MR) is 120 cm³/mol. The molecule has 0 bridgehead atoms. The molecule has 0 amide bonds. The molecule has 0 unspecified atom stereocenters. The molecule has 0 radical (unpaired) electrons. The van der Waals surface area contributed by atoms with Gasteiger partial charge < -0.3 is 19.9 Å². The molecule has 6 nitrogen and oxygen atoms in total. The molecule has 0 atom stereocenters. The third-order valence-corrected chi connectivity index (χ3v) is 5.37. The van der Waals surface area contributed by atoms with E-state index < -0.39 is 0 Å². The van der Waals surface area contributed by atoms with E-state index in [0.717, 1.165) is 68.4 Å². The zero-order valence-electron chi connectivity index (χ0n) is 17.3. The number of piperazine rings is 1. The van der Waals surface area contributed by atoms with Crippen LogP contribution in [0.2, 0.25) is 0 Å². The van der Waals surface area contributed by atoms with Crippen molar-refractivity contribution in [3.63, 3.8) is 0 Å². The number of aromatic nitrogens is 2. The van der Waals surface area contributed by atoms with Gasteiger partial charge in [0.2, 0.25) is 5.95 Å². The summed E-state index contributed by atoms with van der Waals surface area (Å²) < 4.78 is 5.15. The monoisotopic (exact) mass is 391 g/mol. The van der Waals surface area contributed by atoms with Crippen LogP contribution < -0.4 is 15.1 Å². The van der Waals surface area contributed by atoms with Crippen molar-refractivity contribution in [2.45, 2.75) is 13.3 Å². The molecule has 1 N–H and O–H groups in total. The van der Waals surface area contributed by atoms with Gasteiger partial charge in [-0.1, -0.05) is 29.8 Å². The maximum absolute atomic E-state index is 5.15. The van der Waals surface area contributed by atoms with Crippen LogP contribution in [0, 0.1) is 6.92 Å². The van der Waals surface area contributed by atoms with Gasteiger partial charge >= 0.3 is 0 Å². The lowest BCUT2D eigenvalue weighted by Crippen LogP contribution is -2.47. The summed E-state index contributed by atoms with van der Waals surface area (Å²) >= 11 is 0.